The van der Waals surface area contributed by atoms with Gasteiger partial charge in [-0.2, -0.15) is 0 Å². The lowest BCUT2D eigenvalue weighted by Gasteiger charge is -2.07. The van der Waals surface area contributed by atoms with Crippen LogP contribution in [0.25, 0.3) is 0 Å². The first kappa shape index (κ1) is 11.8. The fourth-order valence-corrected chi connectivity index (χ4v) is 2.05. The molecule has 1 saturated carbocycles. The summed E-state index contributed by atoms with van der Waals surface area (Å²) >= 11 is 0. The number of hydrogen-bond donors (Lipinski definition) is 1. The summed E-state index contributed by atoms with van der Waals surface area (Å²) in [7, 11) is 0. The van der Waals surface area contributed by atoms with E-state index in [0.717, 1.165) is 11.7 Å². The fourth-order valence-electron chi connectivity index (χ4n) is 2.05. The zero-order valence-corrected chi connectivity index (χ0v) is 10.5. The summed E-state index contributed by atoms with van der Waals surface area (Å²) in [5.74, 6) is 1.82. The van der Waals surface area contributed by atoms with Crippen LogP contribution in [-0.2, 0) is 0 Å². The number of nitrogens with two attached hydrogens (primary N) is 1. The zero-order chi connectivity index (χ0) is 13.2. The molecule has 0 unspecified atom stereocenters. The molecule has 0 heterocycles. The number of benzene rings is 2. The molecule has 3 nitrogen and oxygen atoms in total. The minimum atomic E-state index is -0.430. The Morgan fingerprint density at radius 3 is 1.95 bits per heavy atom. The molecule has 0 radical (unpaired) electrons. The quantitative estimate of drug-likeness (QED) is 0.907. The third-order valence-electron chi connectivity index (χ3n) is 3.30. The highest BCUT2D eigenvalue weighted by molar-refractivity contribution is 5.92. The van der Waals surface area contributed by atoms with E-state index in [4.69, 9.17) is 10.5 Å². The number of ether oxygens (including phenoxy) is 1. The molecule has 1 fully saturated rings. The van der Waals surface area contributed by atoms with Crippen molar-refractivity contribution in [3.8, 4) is 11.5 Å². The SMILES string of the molecule is NC(=O)c1ccc(Oc2ccc(C3CC3)cc2)cc1. The lowest BCUT2D eigenvalue weighted by atomic mass is 10.1. The Hall–Kier alpha value is -2.29. The first-order valence-electron chi connectivity index (χ1n) is 6.40. The molecule has 2 aromatic carbocycles. The maximum Gasteiger partial charge on any atom is 0.248 e. The van der Waals surface area contributed by atoms with E-state index in [1.165, 1.54) is 18.4 Å². The molecule has 1 aliphatic rings. The Balaban J connectivity index is 1.71. The summed E-state index contributed by atoms with van der Waals surface area (Å²) in [4.78, 5) is 11.0. The highest BCUT2D eigenvalue weighted by Crippen LogP contribution is 2.40. The van der Waals surface area contributed by atoms with Crippen LogP contribution in [0.1, 0.15) is 34.7 Å². The Bertz CT molecular complexity index is 583. The third kappa shape index (κ3) is 2.76. The second-order valence-corrected chi connectivity index (χ2v) is 4.83. The van der Waals surface area contributed by atoms with Crippen molar-refractivity contribution in [2.45, 2.75) is 18.8 Å². The third-order valence-corrected chi connectivity index (χ3v) is 3.30. The summed E-state index contributed by atoms with van der Waals surface area (Å²) in [5.41, 5.74) is 7.06. The first-order chi connectivity index (χ1) is 9.22. The van der Waals surface area contributed by atoms with Gasteiger partial charge in [-0.1, -0.05) is 12.1 Å². The van der Waals surface area contributed by atoms with E-state index in [9.17, 15) is 4.79 Å². The Morgan fingerprint density at radius 1 is 0.947 bits per heavy atom. The topological polar surface area (TPSA) is 52.3 Å². The minimum Gasteiger partial charge on any atom is -0.457 e. The molecule has 19 heavy (non-hydrogen) atoms. The maximum atomic E-state index is 11.0. The maximum absolute atomic E-state index is 11.0. The summed E-state index contributed by atoms with van der Waals surface area (Å²) in [6, 6.07) is 15.0. The van der Waals surface area contributed by atoms with Crippen molar-refractivity contribution in [2.75, 3.05) is 0 Å². The monoisotopic (exact) mass is 253 g/mol. The van der Waals surface area contributed by atoms with Crippen molar-refractivity contribution in [2.24, 2.45) is 5.73 Å². The van der Waals surface area contributed by atoms with E-state index in [1.54, 1.807) is 24.3 Å². The summed E-state index contributed by atoms with van der Waals surface area (Å²) in [5, 5.41) is 0. The van der Waals surface area contributed by atoms with Crippen molar-refractivity contribution in [3.05, 3.63) is 59.7 Å². The van der Waals surface area contributed by atoms with E-state index in [-0.39, 0.29) is 0 Å². The van der Waals surface area contributed by atoms with Crippen molar-refractivity contribution in [1.29, 1.82) is 0 Å². The van der Waals surface area contributed by atoms with Gasteiger partial charge >= 0.3 is 0 Å². The van der Waals surface area contributed by atoms with E-state index in [1.807, 2.05) is 12.1 Å². The van der Waals surface area contributed by atoms with Crippen LogP contribution in [0.2, 0.25) is 0 Å². The number of carbonyl (C=O) groups excluding carboxylic acids is 1. The summed E-state index contributed by atoms with van der Waals surface area (Å²) < 4.78 is 5.72. The average Bonchev–Trinajstić information content (AvgIpc) is 3.25. The van der Waals surface area contributed by atoms with Crippen LogP contribution in [0.3, 0.4) is 0 Å². The fraction of sp³-hybridized carbons (Fsp3) is 0.188. The van der Waals surface area contributed by atoms with Crippen LogP contribution in [0.4, 0.5) is 0 Å². The molecule has 0 spiro atoms. The number of rotatable bonds is 4. The highest BCUT2D eigenvalue weighted by Gasteiger charge is 2.22. The van der Waals surface area contributed by atoms with Gasteiger partial charge in [0.2, 0.25) is 5.91 Å². The standard InChI is InChI=1S/C16H15NO2/c17-16(18)13-5-9-15(10-6-13)19-14-7-3-12(4-8-14)11-1-2-11/h3-11H,1-2H2,(H2,17,18). The van der Waals surface area contributed by atoms with Crippen molar-refractivity contribution in [3.63, 3.8) is 0 Å². The van der Waals surface area contributed by atoms with Crippen LogP contribution in [0.15, 0.2) is 48.5 Å². The number of primary amides is 1. The molecule has 3 heteroatoms. The van der Waals surface area contributed by atoms with Crippen LogP contribution in [-0.4, -0.2) is 5.91 Å². The van der Waals surface area contributed by atoms with Gasteiger partial charge in [0.15, 0.2) is 0 Å². The van der Waals surface area contributed by atoms with Gasteiger partial charge in [-0.05, 0) is 60.7 Å². The van der Waals surface area contributed by atoms with Gasteiger partial charge in [0.1, 0.15) is 11.5 Å². The Labute approximate surface area is 112 Å². The van der Waals surface area contributed by atoms with E-state index in [2.05, 4.69) is 12.1 Å². The van der Waals surface area contributed by atoms with Crippen molar-refractivity contribution < 1.29 is 9.53 Å². The smallest absolute Gasteiger partial charge is 0.248 e. The molecule has 2 N–H and O–H groups in total. The zero-order valence-electron chi connectivity index (χ0n) is 10.5. The highest BCUT2D eigenvalue weighted by atomic mass is 16.5. The number of hydrogen-bond acceptors (Lipinski definition) is 2. The summed E-state index contributed by atoms with van der Waals surface area (Å²) in [6.45, 7) is 0. The normalized spacial score (nSPS) is 14.1. The predicted octanol–water partition coefficient (Wildman–Crippen LogP) is 3.46. The van der Waals surface area contributed by atoms with Gasteiger partial charge < -0.3 is 10.5 Å². The van der Waals surface area contributed by atoms with Gasteiger partial charge in [0.05, 0.1) is 0 Å². The summed E-state index contributed by atoms with van der Waals surface area (Å²) in [6.07, 6.45) is 2.60. The Kier molecular flexibility index (Phi) is 2.95. The number of amides is 1. The van der Waals surface area contributed by atoms with Crippen LogP contribution >= 0.6 is 0 Å². The first-order valence-corrected chi connectivity index (χ1v) is 6.40. The molecule has 0 aromatic heterocycles. The van der Waals surface area contributed by atoms with Gasteiger partial charge in [-0.3, -0.25) is 4.79 Å². The molecule has 96 valence electrons. The van der Waals surface area contributed by atoms with Gasteiger partial charge in [0, 0.05) is 5.56 Å². The predicted molar refractivity (Wildman–Crippen MR) is 73.5 cm³/mol. The molecule has 0 bridgehead atoms. The van der Waals surface area contributed by atoms with Crippen LogP contribution < -0.4 is 10.5 Å². The second kappa shape index (κ2) is 4.76. The van der Waals surface area contributed by atoms with Crippen molar-refractivity contribution in [1.82, 2.24) is 0 Å². The molecule has 1 aliphatic carbocycles. The molecule has 0 aliphatic heterocycles. The molecule has 0 atom stereocenters. The van der Waals surface area contributed by atoms with Crippen LogP contribution in [0.5, 0.6) is 11.5 Å². The molecule has 0 saturated heterocycles. The minimum absolute atomic E-state index is 0.430. The Morgan fingerprint density at radius 2 is 1.47 bits per heavy atom. The van der Waals surface area contributed by atoms with Crippen LogP contribution in [0, 0.1) is 0 Å². The lowest BCUT2D eigenvalue weighted by molar-refractivity contribution is 0.100. The van der Waals surface area contributed by atoms with E-state index < -0.39 is 5.91 Å². The molecular formula is C16H15NO2. The van der Waals surface area contributed by atoms with Gasteiger partial charge in [-0.15, -0.1) is 0 Å². The molecule has 1 amide bonds. The lowest BCUT2D eigenvalue weighted by Crippen LogP contribution is -2.10. The largest absolute Gasteiger partial charge is 0.457 e. The van der Waals surface area contributed by atoms with Gasteiger partial charge in [-0.25, -0.2) is 0 Å². The average molecular weight is 253 g/mol. The number of carbonyl (C=O) groups is 1. The molecular weight excluding hydrogens is 238 g/mol. The van der Waals surface area contributed by atoms with Crippen molar-refractivity contribution >= 4 is 5.91 Å². The van der Waals surface area contributed by atoms with E-state index >= 15 is 0 Å². The second-order valence-electron chi connectivity index (χ2n) is 4.83. The molecule has 3 rings (SSSR count). The van der Waals surface area contributed by atoms with E-state index in [0.29, 0.717) is 11.3 Å². The van der Waals surface area contributed by atoms with Gasteiger partial charge in [0.25, 0.3) is 0 Å². The molecule has 2 aromatic rings.